The quantitative estimate of drug-likeness (QED) is 0.561. The zero-order valence-corrected chi connectivity index (χ0v) is 11.7. The summed E-state index contributed by atoms with van der Waals surface area (Å²) in [5, 5.41) is 17.9. The molecule has 0 aliphatic carbocycles. The fourth-order valence-electron chi connectivity index (χ4n) is 1.65. The molecular weight excluding hydrogens is 264 g/mol. The molecule has 0 aromatic heterocycles. The summed E-state index contributed by atoms with van der Waals surface area (Å²) in [6.07, 6.45) is 4.56. The van der Waals surface area contributed by atoms with Gasteiger partial charge in [0.25, 0.3) is 0 Å². The number of carboxylic acid groups (broad SMARTS) is 2. The zero-order chi connectivity index (χ0) is 14.3. The third-order valence-electron chi connectivity index (χ3n) is 2.67. The van der Waals surface area contributed by atoms with Crippen LogP contribution in [-0.2, 0) is 0 Å². The molecule has 0 atom stereocenters. The molecule has 1 rings (SSSR count). The van der Waals surface area contributed by atoms with E-state index in [2.05, 4.69) is 6.92 Å². The average Bonchev–Trinajstić information content (AvgIpc) is 2.38. The Morgan fingerprint density at radius 1 is 1.00 bits per heavy atom. The Morgan fingerprint density at radius 3 is 2.05 bits per heavy atom. The number of benzene rings is 1. The van der Waals surface area contributed by atoms with E-state index in [0.29, 0.717) is 4.90 Å². The molecule has 1 aromatic carbocycles. The van der Waals surface area contributed by atoms with Gasteiger partial charge in [-0.3, -0.25) is 0 Å². The summed E-state index contributed by atoms with van der Waals surface area (Å²) in [7, 11) is 0. The standard InChI is InChI=1S/C14H18O4S/c1-2-3-4-5-6-19-12-8-10(13(15)16)7-11(9-12)14(17)18/h7-9H,2-6H2,1H3,(H,15,16)(H,17,18). The molecule has 0 aliphatic rings. The monoisotopic (exact) mass is 282 g/mol. The molecule has 1 aromatic rings. The lowest BCUT2D eigenvalue weighted by molar-refractivity contribution is 0.0696. The highest BCUT2D eigenvalue weighted by molar-refractivity contribution is 7.99. The van der Waals surface area contributed by atoms with Crippen molar-refractivity contribution in [1.29, 1.82) is 0 Å². The molecule has 0 fully saturated rings. The summed E-state index contributed by atoms with van der Waals surface area (Å²) in [6.45, 7) is 2.14. The number of hydrogen-bond donors (Lipinski definition) is 2. The molecular formula is C14H18O4S. The van der Waals surface area contributed by atoms with Crippen molar-refractivity contribution >= 4 is 23.7 Å². The highest BCUT2D eigenvalue weighted by Gasteiger charge is 2.11. The van der Waals surface area contributed by atoms with Crippen molar-refractivity contribution in [2.75, 3.05) is 5.75 Å². The van der Waals surface area contributed by atoms with Crippen molar-refractivity contribution in [2.45, 2.75) is 37.5 Å². The van der Waals surface area contributed by atoms with Crippen LogP contribution in [0.1, 0.15) is 53.3 Å². The lowest BCUT2D eigenvalue weighted by atomic mass is 10.1. The molecule has 0 radical (unpaired) electrons. The molecule has 104 valence electrons. The van der Waals surface area contributed by atoms with E-state index in [1.165, 1.54) is 42.8 Å². The predicted molar refractivity (Wildman–Crippen MR) is 75.2 cm³/mol. The number of hydrogen-bond acceptors (Lipinski definition) is 3. The van der Waals surface area contributed by atoms with Crippen LogP contribution >= 0.6 is 11.8 Å². The summed E-state index contributed by atoms with van der Waals surface area (Å²) in [4.78, 5) is 22.6. The molecule has 0 heterocycles. The van der Waals surface area contributed by atoms with Gasteiger partial charge in [0.05, 0.1) is 11.1 Å². The van der Waals surface area contributed by atoms with Crippen molar-refractivity contribution in [2.24, 2.45) is 0 Å². The van der Waals surface area contributed by atoms with Gasteiger partial charge in [0, 0.05) is 4.90 Å². The van der Waals surface area contributed by atoms with Crippen molar-refractivity contribution in [3.05, 3.63) is 29.3 Å². The Bertz CT molecular complexity index is 425. The van der Waals surface area contributed by atoms with Crippen LogP contribution in [0.25, 0.3) is 0 Å². The first-order valence-electron chi connectivity index (χ1n) is 6.29. The van der Waals surface area contributed by atoms with Crippen molar-refractivity contribution in [3.8, 4) is 0 Å². The van der Waals surface area contributed by atoms with Gasteiger partial charge in [-0.25, -0.2) is 9.59 Å². The smallest absolute Gasteiger partial charge is 0.335 e. The van der Waals surface area contributed by atoms with E-state index in [0.717, 1.165) is 18.6 Å². The lowest BCUT2D eigenvalue weighted by Crippen LogP contribution is -2.02. The Kier molecular flexibility index (Phi) is 6.42. The second-order valence-corrected chi connectivity index (χ2v) is 5.43. The Labute approximate surface area is 116 Å². The van der Waals surface area contributed by atoms with Gasteiger partial charge in [0.1, 0.15) is 0 Å². The number of carboxylic acids is 2. The minimum Gasteiger partial charge on any atom is -0.478 e. The van der Waals surface area contributed by atoms with Crippen molar-refractivity contribution < 1.29 is 19.8 Å². The Morgan fingerprint density at radius 2 is 1.58 bits per heavy atom. The van der Waals surface area contributed by atoms with Gasteiger partial charge in [-0.1, -0.05) is 26.2 Å². The third kappa shape index (κ3) is 5.34. The second kappa shape index (κ2) is 7.84. The summed E-state index contributed by atoms with van der Waals surface area (Å²) in [5.74, 6) is -1.32. The second-order valence-electron chi connectivity index (χ2n) is 4.27. The minimum absolute atomic E-state index is 0.0240. The van der Waals surface area contributed by atoms with Gasteiger partial charge in [-0.2, -0.15) is 0 Å². The molecule has 4 nitrogen and oxygen atoms in total. The van der Waals surface area contributed by atoms with E-state index < -0.39 is 11.9 Å². The van der Waals surface area contributed by atoms with Gasteiger partial charge >= 0.3 is 11.9 Å². The van der Waals surface area contributed by atoms with Crippen LogP contribution in [0.15, 0.2) is 23.1 Å². The SMILES string of the molecule is CCCCCCSc1cc(C(=O)O)cc(C(=O)O)c1. The highest BCUT2D eigenvalue weighted by Crippen LogP contribution is 2.23. The largest absolute Gasteiger partial charge is 0.478 e. The van der Waals surface area contributed by atoms with Crippen LogP contribution in [0.2, 0.25) is 0 Å². The third-order valence-corrected chi connectivity index (χ3v) is 3.73. The van der Waals surface area contributed by atoms with Crippen LogP contribution in [0.3, 0.4) is 0 Å². The first kappa shape index (κ1) is 15.6. The molecule has 19 heavy (non-hydrogen) atoms. The van der Waals surface area contributed by atoms with Crippen molar-refractivity contribution in [1.82, 2.24) is 0 Å². The maximum Gasteiger partial charge on any atom is 0.335 e. The van der Waals surface area contributed by atoms with E-state index >= 15 is 0 Å². The first-order valence-corrected chi connectivity index (χ1v) is 7.27. The lowest BCUT2D eigenvalue weighted by Gasteiger charge is -2.05. The molecule has 0 unspecified atom stereocenters. The summed E-state index contributed by atoms with van der Waals surface area (Å²) < 4.78 is 0. The predicted octanol–water partition coefficient (Wildman–Crippen LogP) is 3.76. The van der Waals surface area contributed by atoms with E-state index in [-0.39, 0.29) is 11.1 Å². The molecule has 2 N–H and O–H groups in total. The molecule has 5 heteroatoms. The van der Waals surface area contributed by atoms with Crippen LogP contribution < -0.4 is 0 Å². The molecule has 0 spiro atoms. The summed E-state index contributed by atoms with van der Waals surface area (Å²) in [5.41, 5.74) is 0.0481. The normalized spacial score (nSPS) is 10.4. The van der Waals surface area contributed by atoms with Crippen LogP contribution in [-0.4, -0.2) is 27.9 Å². The molecule has 0 saturated carbocycles. The average molecular weight is 282 g/mol. The molecule has 0 amide bonds. The van der Waals surface area contributed by atoms with E-state index in [4.69, 9.17) is 10.2 Å². The van der Waals surface area contributed by atoms with Crippen LogP contribution in [0.5, 0.6) is 0 Å². The fourth-order valence-corrected chi connectivity index (χ4v) is 2.65. The van der Waals surface area contributed by atoms with E-state index in [9.17, 15) is 9.59 Å². The number of thioether (sulfide) groups is 1. The summed E-state index contributed by atoms with van der Waals surface area (Å²) in [6, 6.07) is 4.24. The van der Waals surface area contributed by atoms with Gasteiger partial charge in [0.15, 0.2) is 0 Å². The van der Waals surface area contributed by atoms with Gasteiger partial charge in [-0.05, 0) is 30.4 Å². The molecule has 0 saturated heterocycles. The number of rotatable bonds is 8. The van der Waals surface area contributed by atoms with Gasteiger partial charge < -0.3 is 10.2 Å². The maximum absolute atomic E-state index is 10.9. The molecule has 0 aliphatic heterocycles. The zero-order valence-electron chi connectivity index (χ0n) is 10.9. The Hall–Kier alpha value is -1.49. The fraction of sp³-hybridized carbons (Fsp3) is 0.429. The number of carbonyl (C=O) groups is 2. The Balaban J connectivity index is 2.71. The van der Waals surface area contributed by atoms with Gasteiger partial charge in [0.2, 0.25) is 0 Å². The summed E-state index contributed by atoms with van der Waals surface area (Å²) >= 11 is 1.51. The van der Waals surface area contributed by atoms with Gasteiger partial charge in [-0.15, -0.1) is 11.8 Å². The number of unbranched alkanes of at least 4 members (excludes halogenated alkanes) is 3. The highest BCUT2D eigenvalue weighted by atomic mass is 32.2. The van der Waals surface area contributed by atoms with Crippen LogP contribution in [0, 0.1) is 0 Å². The minimum atomic E-state index is -1.10. The van der Waals surface area contributed by atoms with Crippen LogP contribution in [0.4, 0.5) is 0 Å². The maximum atomic E-state index is 10.9. The molecule has 0 bridgehead atoms. The topological polar surface area (TPSA) is 74.6 Å². The first-order chi connectivity index (χ1) is 9.04. The van der Waals surface area contributed by atoms with Crippen molar-refractivity contribution in [3.63, 3.8) is 0 Å². The van der Waals surface area contributed by atoms with E-state index in [1.807, 2.05) is 0 Å². The van der Waals surface area contributed by atoms with E-state index in [1.54, 1.807) is 0 Å². The number of aromatic carboxylic acids is 2.